The van der Waals surface area contributed by atoms with Crippen molar-refractivity contribution >= 4 is 78.0 Å². The minimum atomic E-state index is -4.62. The van der Waals surface area contributed by atoms with Crippen molar-refractivity contribution in [2.45, 2.75) is 82.7 Å². The molecule has 0 radical (unpaired) electrons. The number of hydrogen-bond acceptors (Lipinski definition) is 6. The first-order chi connectivity index (χ1) is 25.4. The van der Waals surface area contributed by atoms with E-state index < -0.39 is 34.9 Å². The van der Waals surface area contributed by atoms with Crippen molar-refractivity contribution in [3.05, 3.63) is 114 Å². The van der Waals surface area contributed by atoms with Crippen LogP contribution in [-0.4, -0.2) is 23.1 Å². The van der Waals surface area contributed by atoms with E-state index in [1.807, 2.05) is 25.1 Å². The van der Waals surface area contributed by atoms with Crippen molar-refractivity contribution in [3.8, 4) is 0 Å². The van der Waals surface area contributed by atoms with E-state index in [1.165, 1.54) is 38.8 Å². The number of aryl methyl sites for hydroxylation is 1. The Morgan fingerprint density at radius 3 is 1.92 bits per heavy atom. The standard InChI is InChI=1S/C44H33F3O4S2/c1-22-8-10-26-28(16-22)36(48)38(50)30(26)18-24-19-32-34(42(24)12-4-2-5-13-42)41-35(43(32)14-6-3-7-15-43)40-33(53-41)21-25(52-40)20-31-27-11-9-23(44(45,46)47)17-29(27)37(49)39(31)51/h8-11,16-21H,2-7,12-15H2,1H3/b30-18-,31-20-. The Hall–Kier alpha value is -4.47. The minimum absolute atomic E-state index is 0.135. The summed E-state index contributed by atoms with van der Waals surface area (Å²) in [6.07, 6.45) is 12.2. The lowest BCUT2D eigenvalue weighted by Crippen LogP contribution is -2.28. The first kappa shape index (κ1) is 33.1. The van der Waals surface area contributed by atoms with Crippen molar-refractivity contribution in [3.63, 3.8) is 0 Å². The lowest BCUT2D eigenvalue weighted by atomic mass is 9.66. The van der Waals surface area contributed by atoms with Crippen LogP contribution in [-0.2, 0) is 21.2 Å². The second kappa shape index (κ2) is 11.3. The van der Waals surface area contributed by atoms with Crippen molar-refractivity contribution < 1.29 is 32.3 Å². The number of carbonyl (C=O) groups is 4. The van der Waals surface area contributed by atoms with Crippen LogP contribution in [0.1, 0.15) is 122 Å². The Morgan fingerprint density at radius 2 is 1.26 bits per heavy atom. The van der Waals surface area contributed by atoms with Crippen LogP contribution in [0.4, 0.5) is 13.2 Å². The molecule has 0 atom stereocenters. The zero-order valence-electron chi connectivity index (χ0n) is 28.9. The second-order valence-electron chi connectivity index (χ2n) is 15.6. The fourth-order valence-electron chi connectivity index (χ4n) is 10.3. The van der Waals surface area contributed by atoms with Gasteiger partial charge in [-0.15, -0.1) is 22.7 Å². The number of ketones is 4. The molecule has 9 heteroatoms. The summed E-state index contributed by atoms with van der Waals surface area (Å²) in [5.41, 5.74) is 6.75. The molecule has 0 amide bonds. The molecule has 0 bridgehead atoms. The second-order valence-corrected chi connectivity index (χ2v) is 17.7. The van der Waals surface area contributed by atoms with Gasteiger partial charge in [-0.2, -0.15) is 13.2 Å². The number of fused-ring (bicyclic) bond motifs is 9. The Kier molecular flexibility index (Phi) is 7.05. The molecule has 2 saturated carbocycles. The number of halogens is 3. The lowest BCUT2D eigenvalue weighted by Gasteiger charge is -2.38. The van der Waals surface area contributed by atoms with Gasteiger partial charge < -0.3 is 0 Å². The van der Waals surface area contributed by atoms with Gasteiger partial charge in [-0.1, -0.05) is 68.4 Å². The van der Waals surface area contributed by atoms with Crippen LogP contribution >= 0.6 is 22.7 Å². The molecule has 0 aliphatic heterocycles. The van der Waals surface area contributed by atoms with Crippen molar-refractivity contribution in [2.24, 2.45) is 5.41 Å². The third-order valence-electron chi connectivity index (χ3n) is 12.7. The van der Waals surface area contributed by atoms with Crippen molar-refractivity contribution in [1.82, 2.24) is 0 Å². The number of thiophene rings is 2. The molecule has 0 unspecified atom stereocenters. The Labute approximate surface area is 311 Å². The SMILES string of the molecule is Cc1ccc2c(c1)C(=O)C(=O)/C2=C\C1=CC2=C(c3sc4cc(/C=C5\C(=O)C(=O)c6cc(C(F)(F)F)ccc65)sc4c3C23CCCCC3)C12CCCCC2. The van der Waals surface area contributed by atoms with Crippen LogP contribution in [0.15, 0.2) is 65.8 Å². The fourth-order valence-corrected chi connectivity index (χ4v) is 13.2. The van der Waals surface area contributed by atoms with Crippen molar-refractivity contribution in [1.29, 1.82) is 0 Å². The van der Waals surface area contributed by atoms with Gasteiger partial charge in [0.15, 0.2) is 0 Å². The smallest absolute Gasteiger partial charge is 0.285 e. The highest BCUT2D eigenvalue weighted by Crippen LogP contribution is 2.70. The van der Waals surface area contributed by atoms with E-state index in [-0.39, 0.29) is 27.5 Å². The van der Waals surface area contributed by atoms with Gasteiger partial charge in [0.1, 0.15) is 0 Å². The Bertz CT molecular complexity index is 2540. The van der Waals surface area contributed by atoms with E-state index in [9.17, 15) is 32.3 Å². The van der Waals surface area contributed by atoms with Gasteiger partial charge in [-0.25, -0.2) is 0 Å². The van der Waals surface area contributed by atoms with Gasteiger partial charge in [0.05, 0.1) is 10.3 Å². The van der Waals surface area contributed by atoms with Gasteiger partial charge in [-0.3, -0.25) is 19.2 Å². The lowest BCUT2D eigenvalue weighted by molar-refractivity contribution is -0.137. The van der Waals surface area contributed by atoms with Gasteiger partial charge in [-0.05, 0) is 102 Å². The number of hydrogen-bond donors (Lipinski definition) is 0. The summed E-state index contributed by atoms with van der Waals surface area (Å²) in [4.78, 5) is 54.8. The third-order valence-corrected chi connectivity index (χ3v) is 15.1. The van der Waals surface area contributed by atoms with Gasteiger partial charge in [0.2, 0.25) is 23.1 Å². The van der Waals surface area contributed by atoms with Gasteiger partial charge >= 0.3 is 6.18 Å². The highest BCUT2D eigenvalue weighted by atomic mass is 32.1. The monoisotopic (exact) mass is 746 g/mol. The summed E-state index contributed by atoms with van der Waals surface area (Å²) >= 11 is 3.37. The summed E-state index contributed by atoms with van der Waals surface area (Å²) in [6, 6.07) is 10.7. The number of allylic oxidation sites excluding steroid dienone is 7. The fraction of sp³-hybridized carbons (Fsp3) is 0.318. The largest absolute Gasteiger partial charge is 0.416 e. The number of carbonyl (C=O) groups excluding carboxylic acids is 4. The first-order valence-electron chi connectivity index (χ1n) is 18.4. The molecule has 4 aromatic rings. The number of benzene rings is 2. The highest BCUT2D eigenvalue weighted by Gasteiger charge is 2.56. The maximum atomic E-state index is 13.5. The third kappa shape index (κ3) is 4.53. The van der Waals surface area contributed by atoms with Crippen molar-refractivity contribution in [2.75, 3.05) is 0 Å². The van der Waals surface area contributed by atoms with E-state index in [1.54, 1.807) is 28.7 Å². The predicted molar refractivity (Wildman–Crippen MR) is 202 cm³/mol. The van der Waals surface area contributed by atoms with E-state index >= 15 is 0 Å². The molecule has 2 fully saturated rings. The minimum Gasteiger partial charge on any atom is -0.285 e. The van der Waals surface area contributed by atoms with Crippen LogP contribution in [0.3, 0.4) is 0 Å². The highest BCUT2D eigenvalue weighted by molar-refractivity contribution is 7.29. The van der Waals surface area contributed by atoms with Crippen LogP contribution in [0.5, 0.6) is 0 Å². The molecule has 10 rings (SSSR count). The van der Waals surface area contributed by atoms with E-state index in [0.717, 1.165) is 96.2 Å². The molecule has 0 N–H and O–H groups in total. The number of rotatable bonds is 2. The maximum Gasteiger partial charge on any atom is 0.416 e. The molecule has 266 valence electrons. The predicted octanol–water partition coefficient (Wildman–Crippen LogP) is 11.3. The number of Topliss-reactive ketones (excluding diaryl/α,β-unsaturated/α-hetero) is 4. The average molecular weight is 747 g/mol. The maximum absolute atomic E-state index is 13.5. The van der Waals surface area contributed by atoms with E-state index in [4.69, 9.17) is 0 Å². The quantitative estimate of drug-likeness (QED) is 0.151. The topological polar surface area (TPSA) is 68.3 Å². The molecule has 4 nitrogen and oxygen atoms in total. The van der Waals surface area contributed by atoms with Crippen LogP contribution in [0, 0.1) is 12.3 Å². The van der Waals surface area contributed by atoms with E-state index in [0.29, 0.717) is 11.1 Å². The summed E-state index contributed by atoms with van der Waals surface area (Å²) in [7, 11) is 0. The van der Waals surface area contributed by atoms with Gasteiger partial charge in [0, 0.05) is 47.6 Å². The number of alkyl halides is 3. The molecular formula is C44H33F3O4S2. The Morgan fingerprint density at radius 1 is 0.660 bits per heavy atom. The molecule has 2 aromatic carbocycles. The average Bonchev–Trinajstić information content (AvgIpc) is 3.93. The summed E-state index contributed by atoms with van der Waals surface area (Å²) in [5, 5.41) is 0. The molecule has 6 aliphatic carbocycles. The molecule has 53 heavy (non-hydrogen) atoms. The molecule has 2 spiro atoms. The first-order valence-corrected chi connectivity index (χ1v) is 20.0. The summed E-state index contributed by atoms with van der Waals surface area (Å²) in [5.74, 6) is -2.55. The normalized spacial score (nSPS) is 22.9. The molecule has 2 aromatic heterocycles. The zero-order chi connectivity index (χ0) is 36.6. The molecule has 2 heterocycles. The van der Waals surface area contributed by atoms with Crippen LogP contribution in [0.2, 0.25) is 0 Å². The summed E-state index contributed by atoms with van der Waals surface area (Å²) < 4.78 is 42.6. The van der Waals surface area contributed by atoms with Crippen LogP contribution in [0.25, 0.3) is 32.2 Å². The zero-order valence-corrected chi connectivity index (χ0v) is 30.6. The van der Waals surface area contributed by atoms with E-state index in [2.05, 4.69) is 18.2 Å². The molecule has 6 aliphatic rings. The molecule has 0 saturated heterocycles. The van der Waals surface area contributed by atoms with Crippen LogP contribution < -0.4 is 0 Å². The van der Waals surface area contributed by atoms with Gasteiger partial charge in [0.25, 0.3) is 0 Å². The summed E-state index contributed by atoms with van der Waals surface area (Å²) in [6.45, 7) is 1.93. The molecular weight excluding hydrogens is 714 g/mol. The Balaban J connectivity index is 1.11.